The van der Waals surface area contributed by atoms with Crippen molar-refractivity contribution in [3.63, 3.8) is 0 Å². The zero-order valence-corrected chi connectivity index (χ0v) is 19.6. The topological polar surface area (TPSA) is 36.9 Å². The molecule has 2 aromatic rings. The average molecular weight is 415 g/mol. The third-order valence-corrected chi connectivity index (χ3v) is 5.34. The maximum Gasteiger partial charge on any atom is 0.197 e. The van der Waals surface area contributed by atoms with E-state index in [-0.39, 0.29) is 6.29 Å². The third-order valence-electron chi connectivity index (χ3n) is 5.34. The van der Waals surface area contributed by atoms with Crippen molar-refractivity contribution in [3.8, 4) is 17.2 Å². The van der Waals surface area contributed by atoms with Gasteiger partial charge in [-0.2, -0.15) is 0 Å². The van der Waals surface area contributed by atoms with Crippen LogP contribution in [0.5, 0.6) is 17.2 Å². The summed E-state index contributed by atoms with van der Waals surface area (Å²) in [5, 5.41) is 0. The van der Waals surface area contributed by atoms with E-state index in [1.54, 1.807) is 14.2 Å². The Kier molecular flexibility index (Phi) is 9.51. The molecule has 0 N–H and O–H groups in total. The van der Waals surface area contributed by atoms with Crippen molar-refractivity contribution in [2.24, 2.45) is 11.8 Å². The Bertz CT molecular complexity index is 752. The summed E-state index contributed by atoms with van der Waals surface area (Å²) in [7, 11) is 3.36. The summed E-state index contributed by atoms with van der Waals surface area (Å²) < 4.78 is 22.7. The molecule has 4 heteroatoms. The van der Waals surface area contributed by atoms with Crippen molar-refractivity contribution in [3.05, 3.63) is 53.6 Å². The third kappa shape index (κ3) is 7.24. The molecule has 2 aromatic carbocycles. The highest BCUT2D eigenvalue weighted by molar-refractivity contribution is 5.44. The molecule has 166 valence electrons. The Hall–Kier alpha value is -2.20. The SMILES string of the molecule is COc1ccc(CCOC(C)Oc2ccc(C(CC(C)C)C(C)C)cc2OC)cc1. The van der Waals surface area contributed by atoms with E-state index in [1.165, 1.54) is 11.1 Å². The summed E-state index contributed by atoms with van der Waals surface area (Å²) in [6.07, 6.45) is 1.62. The Morgan fingerprint density at radius 2 is 1.50 bits per heavy atom. The Labute approximate surface area is 182 Å². The van der Waals surface area contributed by atoms with Gasteiger partial charge in [-0.05, 0) is 72.9 Å². The van der Waals surface area contributed by atoms with Gasteiger partial charge in [0.25, 0.3) is 0 Å². The van der Waals surface area contributed by atoms with Crippen LogP contribution in [0.3, 0.4) is 0 Å². The minimum Gasteiger partial charge on any atom is -0.497 e. The number of methoxy groups -OCH3 is 2. The van der Waals surface area contributed by atoms with Crippen molar-refractivity contribution in [1.29, 1.82) is 0 Å². The quantitative estimate of drug-likeness (QED) is 0.373. The second-order valence-corrected chi connectivity index (χ2v) is 8.54. The number of ether oxygens (including phenoxy) is 4. The van der Waals surface area contributed by atoms with Crippen molar-refractivity contribution in [1.82, 2.24) is 0 Å². The highest BCUT2D eigenvalue weighted by Crippen LogP contribution is 2.37. The van der Waals surface area contributed by atoms with E-state index >= 15 is 0 Å². The molecule has 0 amide bonds. The summed E-state index contributed by atoms with van der Waals surface area (Å²) in [5.74, 6) is 4.06. The van der Waals surface area contributed by atoms with Gasteiger partial charge in [0.1, 0.15) is 5.75 Å². The average Bonchev–Trinajstić information content (AvgIpc) is 2.72. The monoisotopic (exact) mass is 414 g/mol. The van der Waals surface area contributed by atoms with Gasteiger partial charge in [-0.1, -0.05) is 45.9 Å². The van der Waals surface area contributed by atoms with Gasteiger partial charge in [-0.15, -0.1) is 0 Å². The zero-order chi connectivity index (χ0) is 22.1. The second-order valence-electron chi connectivity index (χ2n) is 8.54. The molecule has 0 spiro atoms. The predicted molar refractivity (Wildman–Crippen MR) is 123 cm³/mol. The molecule has 30 heavy (non-hydrogen) atoms. The summed E-state index contributed by atoms with van der Waals surface area (Å²) >= 11 is 0. The maximum atomic E-state index is 6.02. The van der Waals surface area contributed by atoms with E-state index in [1.807, 2.05) is 25.1 Å². The molecule has 0 fully saturated rings. The number of rotatable bonds is 12. The molecule has 0 saturated carbocycles. The lowest BCUT2D eigenvalue weighted by molar-refractivity contribution is -0.0664. The Morgan fingerprint density at radius 1 is 0.800 bits per heavy atom. The molecule has 0 aliphatic carbocycles. The van der Waals surface area contributed by atoms with Gasteiger partial charge in [0.05, 0.1) is 20.8 Å². The zero-order valence-electron chi connectivity index (χ0n) is 19.6. The molecule has 0 aromatic heterocycles. The lowest BCUT2D eigenvalue weighted by atomic mass is 9.82. The molecule has 2 rings (SSSR count). The fraction of sp³-hybridized carbons (Fsp3) is 0.538. The largest absolute Gasteiger partial charge is 0.497 e. The van der Waals surface area contributed by atoms with Gasteiger partial charge in [-0.25, -0.2) is 0 Å². The fourth-order valence-electron chi connectivity index (χ4n) is 3.66. The number of benzene rings is 2. The van der Waals surface area contributed by atoms with E-state index in [0.29, 0.717) is 30.1 Å². The second kappa shape index (κ2) is 11.8. The normalized spacial score (nSPS) is 13.4. The van der Waals surface area contributed by atoms with Crippen molar-refractivity contribution >= 4 is 0 Å². The molecule has 0 aliphatic heterocycles. The van der Waals surface area contributed by atoms with Gasteiger partial charge < -0.3 is 18.9 Å². The van der Waals surface area contributed by atoms with Gasteiger partial charge in [-0.3, -0.25) is 0 Å². The predicted octanol–water partition coefficient (Wildman–Crippen LogP) is 6.47. The summed E-state index contributed by atoms with van der Waals surface area (Å²) in [5.41, 5.74) is 2.51. The van der Waals surface area contributed by atoms with Gasteiger partial charge in [0.2, 0.25) is 0 Å². The summed E-state index contributed by atoms with van der Waals surface area (Å²) in [4.78, 5) is 0. The molecule has 0 aliphatic rings. The first kappa shape index (κ1) is 24.1. The van der Waals surface area contributed by atoms with Crippen LogP contribution in [0.25, 0.3) is 0 Å². The van der Waals surface area contributed by atoms with Crippen LogP contribution in [0.15, 0.2) is 42.5 Å². The summed E-state index contributed by atoms with van der Waals surface area (Å²) in [6.45, 7) is 11.6. The number of hydrogen-bond donors (Lipinski definition) is 0. The highest BCUT2D eigenvalue weighted by atomic mass is 16.7. The smallest absolute Gasteiger partial charge is 0.197 e. The molecule has 0 heterocycles. The standard InChI is InChI=1S/C26H38O4/c1-18(2)16-24(19(3)4)22-10-13-25(26(17-22)28-7)30-20(5)29-15-14-21-8-11-23(27-6)12-9-21/h8-13,17-20,24H,14-16H2,1-7H3. The van der Waals surface area contributed by atoms with Gasteiger partial charge in [0.15, 0.2) is 17.8 Å². The van der Waals surface area contributed by atoms with E-state index in [2.05, 4.69) is 52.0 Å². The molecule has 0 radical (unpaired) electrons. The first-order valence-electron chi connectivity index (χ1n) is 10.9. The van der Waals surface area contributed by atoms with Crippen LogP contribution >= 0.6 is 0 Å². The molecule has 0 saturated heterocycles. The van der Waals surface area contributed by atoms with Crippen LogP contribution in [0.1, 0.15) is 58.1 Å². The minimum absolute atomic E-state index is 0.362. The van der Waals surface area contributed by atoms with Crippen molar-refractivity contribution in [2.75, 3.05) is 20.8 Å². The van der Waals surface area contributed by atoms with Gasteiger partial charge in [0, 0.05) is 0 Å². The van der Waals surface area contributed by atoms with Crippen LogP contribution in [0.4, 0.5) is 0 Å². The van der Waals surface area contributed by atoms with Crippen LogP contribution < -0.4 is 14.2 Å². The molecular formula is C26H38O4. The Morgan fingerprint density at radius 3 is 2.07 bits per heavy atom. The Balaban J connectivity index is 1.95. The van der Waals surface area contributed by atoms with Crippen molar-refractivity contribution in [2.45, 2.75) is 59.7 Å². The molecule has 2 atom stereocenters. The fourth-order valence-corrected chi connectivity index (χ4v) is 3.66. The molecule has 4 nitrogen and oxygen atoms in total. The first-order chi connectivity index (χ1) is 14.3. The van der Waals surface area contributed by atoms with E-state index in [9.17, 15) is 0 Å². The number of hydrogen-bond acceptors (Lipinski definition) is 4. The molecule has 0 bridgehead atoms. The molecular weight excluding hydrogens is 376 g/mol. The maximum absolute atomic E-state index is 6.02. The lowest BCUT2D eigenvalue weighted by Crippen LogP contribution is -2.18. The van der Waals surface area contributed by atoms with Crippen LogP contribution in [0.2, 0.25) is 0 Å². The lowest BCUT2D eigenvalue weighted by Gasteiger charge is -2.25. The van der Waals surface area contributed by atoms with Gasteiger partial charge >= 0.3 is 0 Å². The molecule has 2 unspecified atom stereocenters. The van der Waals surface area contributed by atoms with E-state index < -0.39 is 0 Å². The van der Waals surface area contributed by atoms with Crippen LogP contribution in [-0.2, 0) is 11.2 Å². The first-order valence-corrected chi connectivity index (χ1v) is 10.9. The van der Waals surface area contributed by atoms with E-state index in [0.717, 1.165) is 24.3 Å². The minimum atomic E-state index is -0.362. The summed E-state index contributed by atoms with van der Waals surface area (Å²) in [6, 6.07) is 14.3. The van der Waals surface area contributed by atoms with Crippen molar-refractivity contribution < 1.29 is 18.9 Å². The highest BCUT2D eigenvalue weighted by Gasteiger charge is 2.20. The van der Waals surface area contributed by atoms with Crippen LogP contribution in [-0.4, -0.2) is 27.1 Å². The van der Waals surface area contributed by atoms with Crippen LogP contribution in [0, 0.1) is 11.8 Å². The van der Waals surface area contributed by atoms with E-state index in [4.69, 9.17) is 18.9 Å².